The zero-order valence-corrected chi connectivity index (χ0v) is 15.7. The number of rotatable bonds is 6. The summed E-state index contributed by atoms with van der Waals surface area (Å²) in [6.07, 6.45) is 0. The molecule has 7 nitrogen and oxygen atoms in total. The second kappa shape index (κ2) is 8.71. The molecule has 1 unspecified atom stereocenters. The van der Waals surface area contributed by atoms with Gasteiger partial charge in [-0.15, -0.1) is 0 Å². The van der Waals surface area contributed by atoms with Crippen molar-refractivity contribution >= 4 is 23.2 Å². The molecule has 2 aromatic carbocycles. The predicted molar refractivity (Wildman–Crippen MR) is 103 cm³/mol. The monoisotopic (exact) mass is 387 g/mol. The molecule has 1 aliphatic heterocycles. The smallest absolute Gasteiger partial charge is 0.241 e. The van der Waals surface area contributed by atoms with Crippen LogP contribution in [0.2, 0.25) is 0 Å². The van der Waals surface area contributed by atoms with Gasteiger partial charge in [0.05, 0.1) is 12.6 Å². The highest BCUT2D eigenvalue weighted by Gasteiger charge is 2.21. The Bertz CT molecular complexity index is 857. The van der Waals surface area contributed by atoms with Crippen molar-refractivity contribution < 1.29 is 23.5 Å². The van der Waals surface area contributed by atoms with Crippen LogP contribution in [0.1, 0.15) is 6.92 Å². The van der Waals surface area contributed by atoms with Crippen molar-refractivity contribution in [3.63, 3.8) is 0 Å². The summed E-state index contributed by atoms with van der Waals surface area (Å²) in [5, 5.41) is 5.48. The largest absolute Gasteiger partial charge is 0.486 e. The van der Waals surface area contributed by atoms with Crippen molar-refractivity contribution in [1.82, 2.24) is 4.90 Å². The van der Waals surface area contributed by atoms with Crippen molar-refractivity contribution in [2.75, 3.05) is 37.4 Å². The lowest BCUT2D eigenvalue weighted by Crippen LogP contribution is -2.43. The molecule has 1 heterocycles. The highest BCUT2D eigenvalue weighted by molar-refractivity contribution is 5.96. The average Bonchev–Trinajstić information content (AvgIpc) is 2.69. The molecule has 0 aromatic heterocycles. The molecule has 0 radical (unpaired) electrons. The van der Waals surface area contributed by atoms with Gasteiger partial charge in [-0.1, -0.05) is 0 Å². The van der Waals surface area contributed by atoms with Gasteiger partial charge in [0, 0.05) is 17.4 Å². The molecule has 2 amide bonds. The van der Waals surface area contributed by atoms with Gasteiger partial charge in [0.25, 0.3) is 0 Å². The van der Waals surface area contributed by atoms with Gasteiger partial charge in [-0.3, -0.25) is 14.5 Å². The van der Waals surface area contributed by atoms with E-state index in [0.717, 1.165) is 0 Å². The highest BCUT2D eigenvalue weighted by Crippen LogP contribution is 2.32. The van der Waals surface area contributed by atoms with Gasteiger partial charge in [-0.05, 0) is 50.4 Å². The number of anilines is 2. The maximum absolute atomic E-state index is 12.9. The maximum Gasteiger partial charge on any atom is 0.241 e. The number of carbonyl (C=O) groups is 2. The summed E-state index contributed by atoms with van der Waals surface area (Å²) in [5.74, 6) is 0.303. The van der Waals surface area contributed by atoms with Crippen LogP contribution in [0.5, 0.6) is 11.5 Å². The number of nitrogens with zero attached hydrogens (tertiary/aromatic N) is 1. The molecule has 0 spiro atoms. The van der Waals surface area contributed by atoms with E-state index in [1.54, 1.807) is 37.1 Å². The second-order valence-electron chi connectivity index (χ2n) is 6.49. The van der Waals surface area contributed by atoms with Crippen LogP contribution in [0.4, 0.5) is 15.8 Å². The summed E-state index contributed by atoms with van der Waals surface area (Å²) in [4.78, 5) is 26.3. The number of ether oxygens (including phenoxy) is 2. The Morgan fingerprint density at radius 3 is 2.39 bits per heavy atom. The molecule has 28 heavy (non-hydrogen) atoms. The molecule has 0 fully saturated rings. The summed E-state index contributed by atoms with van der Waals surface area (Å²) >= 11 is 0. The lowest BCUT2D eigenvalue weighted by molar-refractivity contribution is -0.122. The lowest BCUT2D eigenvalue weighted by atomic mass is 10.2. The number of likely N-dealkylation sites (N-methyl/N-ethyl adjacent to an activating group) is 1. The number of halogens is 1. The summed E-state index contributed by atoms with van der Waals surface area (Å²) in [6.45, 7) is 2.68. The van der Waals surface area contributed by atoms with Crippen molar-refractivity contribution in [3.05, 3.63) is 48.3 Å². The SMILES string of the molecule is CC(C(=O)Nc1ccc2c(c1)OCCO2)N(C)CC(=O)Nc1ccc(F)cc1. The van der Waals surface area contributed by atoms with Gasteiger partial charge in [-0.2, -0.15) is 0 Å². The summed E-state index contributed by atoms with van der Waals surface area (Å²) in [6, 6.07) is 10.1. The molecular weight excluding hydrogens is 365 g/mol. The summed E-state index contributed by atoms with van der Waals surface area (Å²) < 4.78 is 23.9. The molecule has 2 N–H and O–H groups in total. The molecule has 1 atom stereocenters. The van der Waals surface area contributed by atoms with E-state index in [0.29, 0.717) is 36.1 Å². The van der Waals surface area contributed by atoms with Crippen LogP contribution in [0.15, 0.2) is 42.5 Å². The zero-order valence-electron chi connectivity index (χ0n) is 15.7. The Kier molecular flexibility index (Phi) is 6.10. The molecule has 2 aromatic rings. The van der Waals surface area contributed by atoms with Crippen LogP contribution in [0, 0.1) is 5.82 Å². The summed E-state index contributed by atoms with van der Waals surface area (Å²) in [5.41, 5.74) is 1.08. The quantitative estimate of drug-likeness (QED) is 0.796. The Labute approximate surface area is 162 Å². The highest BCUT2D eigenvalue weighted by atomic mass is 19.1. The minimum absolute atomic E-state index is 0.00705. The van der Waals surface area contributed by atoms with E-state index in [1.165, 1.54) is 24.3 Å². The number of benzene rings is 2. The average molecular weight is 387 g/mol. The Hall–Kier alpha value is -3.13. The number of carbonyl (C=O) groups excluding carboxylic acids is 2. The fourth-order valence-electron chi connectivity index (χ4n) is 2.67. The fraction of sp³-hybridized carbons (Fsp3) is 0.300. The molecule has 3 rings (SSSR count). The van der Waals surface area contributed by atoms with E-state index < -0.39 is 6.04 Å². The van der Waals surface area contributed by atoms with Crippen molar-refractivity contribution in [1.29, 1.82) is 0 Å². The minimum Gasteiger partial charge on any atom is -0.486 e. The third-order valence-corrected chi connectivity index (χ3v) is 4.37. The number of hydrogen-bond donors (Lipinski definition) is 2. The zero-order chi connectivity index (χ0) is 20.1. The number of hydrogen-bond acceptors (Lipinski definition) is 5. The first-order valence-corrected chi connectivity index (χ1v) is 8.88. The van der Waals surface area contributed by atoms with Crippen LogP contribution < -0.4 is 20.1 Å². The van der Waals surface area contributed by atoms with Crippen LogP contribution in [-0.2, 0) is 9.59 Å². The number of nitrogens with one attached hydrogen (secondary N) is 2. The first kappa shape index (κ1) is 19.6. The van der Waals surface area contributed by atoms with E-state index in [9.17, 15) is 14.0 Å². The number of fused-ring (bicyclic) bond motifs is 1. The molecule has 0 bridgehead atoms. The molecule has 0 aliphatic carbocycles. The molecule has 148 valence electrons. The normalized spacial score (nSPS) is 13.7. The standard InChI is InChI=1S/C20H22FN3O4/c1-13(24(2)12-19(25)22-15-5-3-14(21)4-6-15)20(26)23-16-7-8-17-18(11-16)28-10-9-27-17/h3-8,11,13H,9-10,12H2,1-2H3,(H,22,25)(H,23,26). The van der Waals surface area contributed by atoms with Crippen LogP contribution >= 0.6 is 0 Å². The van der Waals surface area contributed by atoms with Gasteiger partial charge < -0.3 is 20.1 Å². The van der Waals surface area contributed by atoms with E-state index in [1.807, 2.05) is 0 Å². The van der Waals surface area contributed by atoms with Crippen molar-refractivity contribution in [3.8, 4) is 11.5 Å². The van der Waals surface area contributed by atoms with E-state index in [4.69, 9.17) is 9.47 Å². The van der Waals surface area contributed by atoms with Gasteiger partial charge in [0.15, 0.2) is 11.5 Å². The van der Waals surface area contributed by atoms with E-state index >= 15 is 0 Å². The Morgan fingerprint density at radius 2 is 1.68 bits per heavy atom. The maximum atomic E-state index is 12.9. The third-order valence-electron chi connectivity index (χ3n) is 4.37. The van der Waals surface area contributed by atoms with E-state index in [2.05, 4.69) is 10.6 Å². The van der Waals surface area contributed by atoms with Crippen LogP contribution in [0.25, 0.3) is 0 Å². The molecule has 0 saturated carbocycles. The first-order chi connectivity index (χ1) is 13.4. The fourth-order valence-corrected chi connectivity index (χ4v) is 2.67. The van der Waals surface area contributed by atoms with Gasteiger partial charge in [-0.25, -0.2) is 4.39 Å². The van der Waals surface area contributed by atoms with E-state index in [-0.39, 0.29) is 24.2 Å². The Morgan fingerprint density at radius 1 is 1.04 bits per heavy atom. The predicted octanol–water partition coefficient (Wildman–Crippen LogP) is 2.49. The molecule has 0 saturated heterocycles. The molecule has 8 heteroatoms. The lowest BCUT2D eigenvalue weighted by Gasteiger charge is -2.24. The van der Waals surface area contributed by atoms with Crippen LogP contribution in [-0.4, -0.2) is 49.6 Å². The first-order valence-electron chi connectivity index (χ1n) is 8.88. The van der Waals surface area contributed by atoms with Gasteiger partial charge in [0.2, 0.25) is 11.8 Å². The van der Waals surface area contributed by atoms with Crippen LogP contribution in [0.3, 0.4) is 0 Å². The van der Waals surface area contributed by atoms with Crippen molar-refractivity contribution in [2.24, 2.45) is 0 Å². The van der Waals surface area contributed by atoms with Gasteiger partial charge >= 0.3 is 0 Å². The van der Waals surface area contributed by atoms with Gasteiger partial charge in [0.1, 0.15) is 19.0 Å². The minimum atomic E-state index is -0.549. The topological polar surface area (TPSA) is 79.9 Å². The van der Waals surface area contributed by atoms with Crippen molar-refractivity contribution in [2.45, 2.75) is 13.0 Å². The summed E-state index contributed by atoms with van der Waals surface area (Å²) in [7, 11) is 1.68. The Balaban J connectivity index is 1.53. The third kappa shape index (κ3) is 4.98. The second-order valence-corrected chi connectivity index (χ2v) is 6.49. The number of amides is 2. The molecule has 1 aliphatic rings. The molecular formula is C20H22FN3O4.